The summed E-state index contributed by atoms with van der Waals surface area (Å²) < 4.78 is 36.7. The highest BCUT2D eigenvalue weighted by Crippen LogP contribution is 2.25. The van der Waals surface area contributed by atoms with Crippen LogP contribution >= 0.6 is 0 Å². The number of hydrogen-bond acceptors (Lipinski definition) is 4. The molecule has 0 unspecified atom stereocenters. The Labute approximate surface area is 172 Å². The molecule has 1 fully saturated rings. The number of hydroxylamine groups is 1. The zero-order valence-corrected chi connectivity index (χ0v) is 17.6. The van der Waals surface area contributed by atoms with Crippen LogP contribution < -0.4 is 10.8 Å². The maximum absolute atomic E-state index is 12.3. The van der Waals surface area contributed by atoms with Crippen LogP contribution in [0.2, 0.25) is 0 Å². The molecule has 0 saturated carbocycles. The van der Waals surface area contributed by atoms with Crippen molar-refractivity contribution < 1.29 is 27.6 Å². The molecule has 2 N–H and O–H groups in total. The second kappa shape index (κ2) is 14.6. The third-order valence-corrected chi connectivity index (χ3v) is 5.60. The van der Waals surface area contributed by atoms with Gasteiger partial charge in [-0.15, -0.1) is 0 Å². The number of nitrogens with one attached hydrogen (secondary N) is 2. The van der Waals surface area contributed by atoms with E-state index in [1.807, 2.05) is 0 Å². The molecular formula is C21H37F3N2O3. The minimum atomic E-state index is -5.12. The summed E-state index contributed by atoms with van der Waals surface area (Å²) in [6, 6.07) is 0. The Kier molecular flexibility index (Phi) is 13.0. The van der Waals surface area contributed by atoms with E-state index >= 15 is 0 Å². The van der Waals surface area contributed by atoms with Crippen molar-refractivity contribution in [2.75, 3.05) is 13.1 Å². The molecule has 29 heavy (non-hydrogen) atoms. The lowest BCUT2D eigenvalue weighted by Crippen LogP contribution is -2.40. The number of hydrogen-bond donors (Lipinski definition) is 2. The molecule has 0 aromatic rings. The van der Waals surface area contributed by atoms with Gasteiger partial charge in [0.2, 0.25) is 0 Å². The summed E-state index contributed by atoms with van der Waals surface area (Å²) in [6.45, 7) is 3.66. The molecule has 1 rings (SSSR count). The highest BCUT2D eigenvalue weighted by molar-refractivity contribution is 5.81. The summed E-state index contributed by atoms with van der Waals surface area (Å²) in [7, 11) is 0. The monoisotopic (exact) mass is 422 g/mol. The van der Waals surface area contributed by atoms with E-state index in [-0.39, 0.29) is 5.92 Å². The van der Waals surface area contributed by atoms with Gasteiger partial charge >= 0.3 is 12.1 Å². The largest absolute Gasteiger partial charge is 0.493 e. The number of alkyl halides is 3. The second-order valence-corrected chi connectivity index (χ2v) is 8.04. The molecule has 5 nitrogen and oxygen atoms in total. The Morgan fingerprint density at radius 3 is 2.03 bits per heavy atom. The maximum Gasteiger partial charge on any atom is 0.493 e. The average molecular weight is 423 g/mol. The zero-order chi connectivity index (χ0) is 21.5. The third-order valence-electron chi connectivity index (χ3n) is 5.60. The molecule has 1 amide bonds. The van der Waals surface area contributed by atoms with Gasteiger partial charge in [-0.3, -0.25) is 4.79 Å². The van der Waals surface area contributed by atoms with Crippen molar-refractivity contribution >= 4 is 11.9 Å². The summed E-state index contributed by atoms with van der Waals surface area (Å²) in [5, 5.41) is 3.17. The Hall–Kier alpha value is -1.31. The van der Waals surface area contributed by atoms with Gasteiger partial charge in [-0.05, 0) is 31.8 Å². The topological polar surface area (TPSA) is 67.4 Å². The van der Waals surface area contributed by atoms with Crippen LogP contribution in [0.15, 0.2) is 0 Å². The molecule has 1 aliphatic rings. The van der Waals surface area contributed by atoms with Crippen LogP contribution in [0.5, 0.6) is 0 Å². The van der Waals surface area contributed by atoms with Gasteiger partial charge in [-0.1, -0.05) is 77.6 Å². The van der Waals surface area contributed by atoms with Gasteiger partial charge in [-0.2, -0.15) is 18.7 Å². The molecule has 1 aliphatic heterocycles. The zero-order valence-electron chi connectivity index (χ0n) is 17.6. The SMILES string of the molecule is CCCCCCCCCCCCC[C@H](C(=O)NOC(=O)C(F)(F)F)[C@@H]1CCNC1. The van der Waals surface area contributed by atoms with Crippen LogP contribution in [-0.2, 0) is 14.4 Å². The molecule has 0 bridgehead atoms. The Bertz CT molecular complexity index is 467. The second-order valence-electron chi connectivity index (χ2n) is 8.04. The fourth-order valence-electron chi connectivity index (χ4n) is 3.86. The highest BCUT2D eigenvalue weighted by Gasteiger charge is 2.42. The van der Waals surface area contributed by atoms with Gasteiger partial charge in [0.15, 0.2) is 0 Å². The average Bonchev–Trinajstić information content (AvgIpc) is 3.20. The molecular weight excluding hydrogens is 385 g/mol. The molecule has 170 valence electrons. The fourth-order valence-corrected chi connectivity index (χ4v) is 3.86. The first kappa shape index (κ1) is 25.7. The molecule has 0 aromatic carbocycles. The molecule has 0 radical (unpaired) electrons. The molecule has 2 atom stereocenters. The molecule has 0 aromatic heterocycles. The van der Waals surface area contributed by atoms with Crippen molar-refractivity contribution in [1.29, 1.82) is 0 Å². The number of rotatable bonds is 14. The normalized spacial score (nSPS) is 17.9. The van der Waals surface area contributed by atoms with Crippen molar-refractivity contribution in [2.24, 2.45) is 11.8 Å². The van der Waals surface area contributed by atoms with E-state index in [1.54, 1.807) is 5.48 Å². The maximum atomic E-state index is 12.3. The first-order chi connectivity index (χ1) is 13.9. The lowest BCUT2D eigenvalue weighted by molar-refractivity contribution is -0.208. The smallest absolute Gasteiger partial charge is 0.332 e. The van der Waals surface area contributed by atoms with Crippen molar-refractivity contribution in [3.63, 3.8) is 0 Å². The van der Waals surface area contributed by atoms with Gasteiger partial charge in [-0.25, -0.2) is 4.79 Å². The number of amides is 1. The number of carbonyl (C=O) groups excluding carboxylic acids is 2. The molecule has 8 heteroatoms. The molecule has 1 saturated heterocycles. The molecule has 0 aliphatic carbocycles. The van der Waals surface area contributed by atoms with Crippen LogP contribution in [0.4, 0.5) is 13.2 Å². The van der Waals surface area contributed by atoms with E-state index in [0.29, 0.717) is 13.0 Å². The lowest BCUT2D eigenvalue weighted by atomic mass is 9.86. The summed E-state index contributed by atoms with van der Waals surface area (Å²) in [5.74, 6) is -3.42. The minimum Gasteiger partial charge on any atom is -0.332 e. The van der Waals surface area contributed by atoms with Crippen LogP contribution in [0, 0.1) is 11.8 Å². The van der Waals surface area contributed by atoms with Gasteiger partial charge < -0.3 is 10.2 Å². The Balaban J connectivity index is 2.22. The Morgan fingerprint density at radius 1 is 1.00 bits per heavy atom. The van der Waals surface area contributed by atoms with Crippen LogP contribution in [-0.4, -0.2) is 31.1 Å². The summed E-state index contributed by atoms with van der Waals surface area (Å²) >= 11 is 0. The first-order valence-corrected chi connectivity index (χ1v) is 11.1. The van der Waals surface area contributed by atoms with Crippen molar-refractivity contribution in [3.8, 4) is 0 Å². The first-order valence-electron chi connectivity index (χ1n) is 11.1. The van der Waals surface area contributed by atoms with Crippen LogP contribution in [0.3, 0.4) is 0 Å². The van der Waals surface area contributed by atoms with E-state index < -0.39 is 24.0 Å². The standard InChI is InChI=1S/C21H37F3N2O3/c1-2-3-4-5-6-7-8-9-10-11-12-13-18(17-14-15-25-16-17)19(27)26-29-20(28)21(22,23)24/h17-18,25H,2-16H2,1H3,(H,26,27)/t17-,18+/m1/s1. The van der Waals surface area contributed by atoms with E-state index in [2.05, 4.69) is 17.1 Å². The summed E-state index contributed by atoms with van der Waals surface area (Å²) in [6.07, 6.45) is 9.44. The van der Waals surface area contributed by atoms with Crippen LogP contribution in [0.1, 0.15) is 90.4 Å². The third kappa shape index (κ3) is 11.5. The number of halogens is 3. The summed E-state index contributed by atoms with van der Waals surface area (Å²) in [5.41, 5.74) is 1.72. The van der Waals surface area contributed by atoms with Crippen molar-refractivity contribution in [2.45, 2.75) is 96.6 Å². The molecule has 1 heterocycles. The predicted molar refractivity (Wildman–Crippen MR) is 106 cm³/mol. The predicted octanol–water partition coefficient (Wildman–Crippen LogP) is 5.05. The Morgan fingerprint density at radius 2 is 1.55 bits per heavy atom. The molecule has 0 spiro atoms. The number of carbonyl (C=O) groups is 2. The van der Waals surface area contributed by atoms with E-state index in [9.17, 15) is 22.8 Å². The van der Waals surface area contributed by atoms with Gasteiger partial charge in [0.05, 0.1) is 0 Å². The van der Waals surface area contributed by atoms with E-state index in [1.165, 1.54) is 51.4 Å². The van der Waals surface area contributed by atoms with Crippen molar-refractivity contribution in [1.82, 2.24) is 10.8 Å². The van der Waals surface area contributed by atoms with Crippen LogP contribution in [0.25, 0.3) is 0 Å². The van der Waals surface area contributed by atoms with Gasteiger partial charge in [0.25, 0.3) is 5.91 Å². The van der Waals surface area contributed by atoms with Gasteiger partial charge in [0, 0.05) is 5.92 Å². The minimum absolute atomic E-state index is 0.0581. The van der Waals surface area contributed by atoms with Gasteiger partial charge in [0.1, 0.15) is 0 Å². The van der Waals surface area contributed by atoms with E-state index in [4.69, 9.17) is 0 Å². The quantitative estimate of drug-likeness (QED) is 0.304. The summed E-state index contributed by atoms with van der Waals surface area (Å²) in [4.78, 5) is 27.0. The fraction of sp³-hybridized carbons (Fsp3) is 0.905. The number of unbranched alkanes of at least 4 members (excludes halogenated alkanes) is 10. The lowest BCUT2D eigenvalue weighted by Gasteiger charge is -2.21. The van der Waals surface area contributed by atoms with E-state index in [0.717, 1.165) is 32.2 Å². The highest BCUT2D eigenvalue weighted by atomic mass is 19.4. The van der Waals surface area contributed by atoms with Crippen molar-refractivity contribution in [3.05, 3.63) is 0 Å².